The van der Waals surface area contributed by atoms with Gasteiger partial charge in [0.25, 0.3) is 0 Å². The van der Waals surface area contributed by atoms with Crippen LogP contribution in [-0.4, -0.2) is 15.1 Å². The van der Waals surface area contributed by atoms with Gasteiger partial charge in [-0.25, -0.2) is 4.98 Å². The van der Waals surface area contributed by atoms with E-state index in [1.165, 1.54) is 16.9 Å². The number of hydrogen-bond acceptors (Lipinski definition) is 5. The van der Waals surface area contributed by atoms with Crippen LogP contribution >= 0.6 is 22.9 Å². The van der Waals surface area contributed by atoms with Crippen LogP contribution in [0.2, 0.25) is 5.28 Å². The van der Waals surface area contributed by atoms with Crippen molar-refractivity contribution in [3.63, 3.8) is 0 Å². The number of aryl methyl sites for hydroxylation is 1. The van der Waals surface area contributed by atoms with E-state index in [0.29, 0.717) is 11.3 Å². The van der Waals surface area contributed by atoms with Gasteiger partial charge in [0.1, 0.15) is 16.4 Å². The van der Waals surface area contributed by atoms with Crippen LogP contribution in [0.3, 0.4) is 0 Å². The van der Waals surface area contributed by atoms with Crippen molar-refractivity contribution in [3.8, 4) is 5.75 Å². The number of rotatable bonds is 2. The molecule has 3 aromatic rings. The van der Waals surface area contributed by atoms with Crippen LogP contribution in [0.25, 0.3) is 10.2 Å². The number of benzene rings is 1. The molecule has 2 N–H and O–H groups in total. The Labute approximate surface area is 162 Å². The number of nitrogens with one attached hydrogen (secondary N) is 1. The van der Waals surface area contributed by atoms with E-state index < -0.39 is 0 Å². The number of anilines is 2. The largest absolute Gasteiger partial charge is 0.508 e. The summed E-state index contributed by atoms with van der Waals surface area (Å²) in [6, 6.07) is 7.02. The van der Waals surface area contributed by atoms with E-state index in [2.05, 4.69) is 36.1 Å². The highest BCUT2D eigenvalue weighted by Gasteiger charge is 2.31. The summed E-state index contributed by atoms with van der Waals surface area (Å²) in [5.74, 6) is 1.61. The molecule has 136 valence electrons. The lowest BCUT2D eigenvalue weighted by Gasteiger charge is -2.33. The summed E-state index contributed by atoms with van der Waals surface area (Å²) in [5, 5.41) is 14.4. The lowest BCUT2D eigenvalue weighted by molar-refractivity contribution is 0.218. The number of halogens is 1. The summed E-state index contributed by atoms with van der Waals surface area (Å²) >= 11 is 7.92. The zero-order chi connectivity index (χ0) is 18.5. The predicted octanol–water partition coefficient (Wildman–Crippen LogP) is 5.94. The smallest absolute Gasteiger partial charge is 0.225 e. The van der Waals surface area contributed by atoms with Crippen LogP contribution in [0.4, 0.5) is 11.5 Å². The van der Waals surface area contributed by atoms with Gasteiger partial charge in [-0.2, -0.15) is 4.98 Å². The van der Waals surface area contributed by atoms with Crippen LogP contribution in [-0.2, 0) is 12.8 Å². The van der Waals surface area contributed by atoms with Crippen molar-refractivity contribution in [1.29, 1.82) is 0 Å². The minimum absolute atomic E-state index is 0.215. The van der Waals surface area contributed by atoms with Crippen molar-refractivity contribution in [2.75, 3.05) is 5.32 Å². The molecule has 1 unspecified atom stereocenters. The van der Waals surface area contributed by atoms with Gasteiger partial charge in [0.2, 0.25) is 5.28 Å². The van der Waals surface area contributed by atoms with E-state index in [4.69, 9.17) is 11.6 Å². The molecule has 1 aliphatic rings. The minimum Gasteiger partial charge on any atom is -0.508 e. The Kier molecular flexibility index (Phi) is 4.32. The Bertz CT molecular complexity index is 977. The van der Waals surface area contributed by atoms with E-state index in [-0.39, 0.29) is 11.0 Å². The maximum Gasteiger partial charge on any atom is 0.225 e. The third kappa shape index (κ3) is 3.26. The van der Waals surface area contributed by atoms with Crippen LogP contribution in [0.5, 0.6) is 5.75 Å². The van der Waals surface area contributed by atoms with E-state index >= 15 is 0 Å². The molecule has 2 heterocycles. The lowest BCUT2D eigenvalue weighted by Crippen LogP contribution is -2.26. The standard InChI is InChI=1S/C20H22ClN3OS/c1-20(2,3)11-7-8-14-15(9-11)26-18-16(14)17(23-19(21)24-18)22-12-5-4-6-13(25)10-12/h4-6,10-11,25H,7-9H2,1-3H3,(H,22,23,24). The second-order valence-electron chi connectivity index (χ2n) is 8.01. The Morgan fingerprint density at radius 1 is 1.27 bits per heavy atom. The van der Waals surface area contributed by atoms with E-state index in [0.717, 1.165) is 34.6 Å². The summed E-state index contributed by atoms with van der Waals surface area (Å²) in [5.41, 5.74) is 2.44. The van der Waals surface area contributed by atoms with Gasteiger partial charge >= 0.3 is 0 Å². The fourth-order valence-corrected chi connectivity index (χ4v) is 5.22. The summed E-state index contributed by atoms with van der Waals surface area (Å²) < 4.78 is 0. The molecule has 1 atom stereocenters. The molecule has 2 aromatic heterocycles. The van der Waals surface area contributed by atoms with Gasteiger partial charge in [0.05, 0.1) is 5.39 Å². The molecule has 4 rings (SSSR count). The van der Waals surface area contributed by atoms with Crippen LogP contribution < -0.4 is 5.32 Å². The van der Waals surface area contributed by atoms with Crippen molar-refractivity contribution >= 4 is 44.7 Å². The third-order valence-electron chi connectivity index (χ3n) is 5.22. The average Bonchev–Trinajstić information content (AvgIpc) is 2.91. The topological polar surface area (TPSA) is 58.0 Å². The molecular formula is C20H22ClN3OS. The van der Waals surface area contributed by atoms with Crippen molar-refractivity contribution < 1.29 is 5.11 Å². The molecule has 0 bridgehead atoms. The zero-order valence-electron chi connectivity index (χ0n) is 15.1. The van der Waals surface area contributed by atoms with Gasteiger partial charge in [0.15, 0.2) is 0 Å². The van der Waals surface area contributed by atoms with Gasteiger partial charge in [-0.3, -0.25) is 0 Å². The minimum atomic E-state index is 0.215. The molecule has 1 aliphatic carbocycles. The number of aromatic hydroxyl groups is 1. The molecule has 0 spiro atoms. The molecular weight excluding hydrogens is 366 g/mol. The Balaban J connectivity index is 1.79. The highest BCUT2D eigenvalue weighted by molar-refractivity contribution is 7.19. The first kappa shape index (κ1) is 17.6. The number of phenolic OH excluding ortho intramolecular Hbond substituents is 1. The number of fused-ring (bicyclic) bond motifs is 3. The lowest BCUT2D eigenvalue weighted by atomic mass is 9.72. The predicted molar refractivity (Wildman–Crippen MR) is 109 cm³/mol. The third-order valence-corrected chi connectivity index (χ3v) is 6.53. The fourth-order valence-electron chi connectivity index (χ4n) is 3.70. The zero-order valence-corrected chi connectivity index (χ0v) is 16.7. The molecule has 0 saturated heterocycles. The number of nitrogens with zero attached hydrogens (tertiary/aromatic N) is 2. The summed E-state index contributed by atoms with van der Waals surface area (Å²) in [6.45, 7) is 6.96. The Morgan fingerprint density at radius 3 is 2.81 bits per heavy atom. The number of thiophene rings is 1. The van der Waals surface area contributed by atoms with Crippen molar-refractivity contribution in [3.05, 3.63) is 40.0 Å². The summed E-state index contributed by atoms with van der Waals surface area (Å²) in [4.78, 5) is 11.3. The highest BCUT2D eigenvalue weighted by atomic mass is 35.5. The Hall–Kier alpha value is -1.85. The molecule has 6 heteroatoms. The first-order valence-electron chi connectivity index (χ1n) is 8.85. The maximum atomic E-state index is 9.72. The van der Waals surface area contributed by atoms with Crippen LogP contribution in [0, 0.1) is 11.3 Å². The van der Waals surface area contributed by atoms with Crippen molar-refractivity contribution in [1.82, 2.24) is 9.97 Å². The average molecular weight is 388 g/mol. The fraction of sp³-hybridized carbons (Fsp3) is 0.400. The highest BCUT2D eigenvalue weighted by Crippen LogP contribution is 2.45. The molecule has 0 fully saturated rings. The van der Waals surface area contributed by atoms with Gasteiger partial charge in [-0.1, -0.05) is 26.8 Å². The molecule has 0 saturated carbocycles. The molecule has 0 amide bonds. The van der Waals surface area contributed by atoms with Gasteiger partial charge in [0, 0.05) is 16.6 Å². The van der Waals surface area contributed by atoms with E-state index in [9.17, 15) is 5.11 Å². The van der Waals surface area contributed by atoms with E-state index in [1.807, 2.05) is 6.07 Å². The SMILES string of the molecule is CC(C)(C)C1CCc2c(sc3nc(Cl)nc(Nc4cccc(O)c4)c23)C1. The normalized spacial score (nSPS) is 17.3. The van der Waals surface area contributed by atoms with Crippen molar-refractivity contribution in [2.45, 2.75) is 40.0 Å². The van der Waals surface area contributed by atoms with E-state index in [1.54, 1.807) is 29.5 Å². The van der Waals surface area contributed by atoms with Gasteiger partial charge in [-0.15, -0.1) is 11.3 Å². The molecule has 0 radical (unpaired) electrons. The second kappa shape index (κ2) is 6.39. The molecule has 4 nitrogen and oxygen atoms in total. The van der Waals surface area contributed by atoms with Crippen LogP contribution in [0.15, 0.2) is 24.3 Å². The molecule has 26 heavy (non-hydrogen) atoms. The number of aromatic nitrogens is 2. The second-order valence-corrected chi connectivity index (χ2v) is 9.43. The summed E-state index contributed by atoms with van der Waals surface area (Å²) in [6.07, 6.45) is 3.30. The molecule has 1 aromatic carbocycles. The number of hydrogen-bond donors (Lipinski definition) is 2. The van der Waals surface area contributed by atoms with Crippen molar-refractivity contribution in [2.24, 2.45) is 11.3 Å². The molecule has 0 aliphatic heterocycles. The summed E-state index contributed by atoms with van der Waals surface area (Å²) in [7, 11) is 0. The van der Waals surface area contributed by atoms with Gasteiger partial charge < -0.3 is 10.4 Å². The Morgan fingerprint density at radius 2 is 2.08 bits per heavy atom. The maximum absolute atomic E-state index is 9.72. The first-order valence-corrected chi connectivity index (χ1v) is 10.0. The monoisotopic (exact) mass is 387 g/mol. The number of phenols is 1. The quantitative estimate of drug-likeness (QED) is 0.534. The van der Waals surface area contributed by atoms with Gasteiger partial charge in [-0.05, 0) is 59.9 Å². The van der Waals surface area contributed by atoms with Crippen LogP contribution in [0.1, 0.15) is 37.6 Å². The first-order chi connectivity index (χ1) is 12.3.